The van der Waals surface area contributed by atoms with E-state index >= 15 is 0 Å². The monoisotopic (exact) mass is 786 g/mol. The Labute approximate surface area is 327 Å². The van der Waals surface area contributed by atoms with Crippen LogP contribution in [0.15, 0.2) is 122 Å². The first-order valence-corrected chi connectivity index (χ1v) is 17.5. The lowest BCUT2D eigenvalue weighted by atomic mass is 10.1. The highest BCUT2D eigenvalue weighted by molar-refractivity contribution is 6.31. The number of nitrogens with zero attached hydrogens (tertiary/aromatic N) is 2. The van der Waals surface area contributed by atoms with Gasteiger partial charge in [-0.1, -0.05) is 82.9 Å². The van der Waals surface area contributed by atoms with Gasteiger partial charge in [0.25, 0.3) is 5.91 Å². The number of hydrogen-bond donors (Lipinski definition) is 3. The summed E-state index contributed by atoms with van der Waals surface area (Å²) in [5.74, 6) is -1.71. The van der Waals surface area contributed by atoms with Gasteiger partial charge in [-0.25, -0.2) is 23.5 Å². The van der Waals surface area contributed by atoms with E-state index in [1.165, 1.54) is 84.2 Å². The number of benzene rings is 4. The highest BCUT2D eigenvalue weighted by Crippen LogP contribution is 2.27. The third-order valence-corrected chi connectivity index (χ3v) is 8.11. The maximum atomic E-state index is 13.1. The number of aromatic carboxylic acids is 1. The Morgan fingerprint density at radius 3 is 1.49 bits per heavy atom. The van der Waals surface area contributed by atoms with Gasteiger partial charge in [-0.2, -0.15) is 0 Å². The number of amides is 1. The van der Waals surface area contributed by atoms with Crippen LogP contribution in [0.5, 0.6) is 23.3 Å². The van der Waals surface area contributed by atoms with Gasteiger partial charge in [0.15, 0.2) is 0 Å². The number of aryl methyl sites for hydroxylation is 2. The summed E-state index contributed by atoms with van der Waals surface area (Å²) in [5, 5.41) is 12.4. The average Bonchev–Trinajstić information content (AvgIpc) is 3.15. The van der Waals surface area contributed by atoms with Gasteiger partial charge in [0.2, 0.25) is 11.8 Å². The molecule has 9 nitrogen and oxygen atoms in total. The maximum absolute atomic E-state index is 13.1. The number of nitrogens with one attached hydrogen (secondary N) is 1. The molecule has 284 valence electrons. The first-order chi connectivity index (χ1) is 26.2. The third kappa shape index (κ3) is 13.2. The predicted molar refractivity (Wildman–Crippen MR) is 209 cm³/mol. The molecule has 0 aliphatic heterocycles. The number of hydrogen-bond acceptors (Lipinski definition) is 7. The van der Waals surface area contributed by atoms with E-state index in [-0.39, 0.29) is 57.5 Å². The molecule has 4 aromatic carbocycles. The molecule has 2 heterocycles. The minimum Gasteiger partial charge on any atom is -0.477 e. The molecule has 2 aromatic heterocycles. The number of carbonyl (C=O) groups excluding carboxylic acids is 1. The van der Waals surface area contributed by atoms with Crippen LogP contribution in [0.4, 0.5) is 8.78 Å². The Hall–Kier alpha value is -5.88. The molecule has 6 aromatic rings. The number of ether oxygens (including phenoxy) is 2. The summed E-state index contributed by atoms with van der Waals surface area (Å²) in [7, 11) is 0. The van der Waals surface area contributed by atoms with Gasteiger partial charge in [0.05, 0.1) is 16.1 Å². The van der Waals surface area contributed by atoms with E-state index in [4.69, 9.17) is 43.5 Å². The Kier molecular flexibility index (Phi) is 15.2. The molecule has 0 fully saturated rings. The predicted octanol–water partition coefficient (Wildman–Crippen LogP) is 10.8. The topological polar surface area (TPSA) is 137 Å². The number of pyridine rings is 2. The second kappa shape index (κ2) is 20.0. The zero-order valence-corrected chi connectivity index (χ0v) is 31.8. The Morgan fingerprint density at radius 1 is 0.673 bits per heavy atom. The van der Waals surface area contributed by atoms with Gasteiger partial charge in [-0.05, 0) is 99.5 Å². The van der Waals surface area contributed by atoms with Crippen molar-refractivity contribution in [2.75, 3.05) is 0 Å². The van der Waals surface area contributed by atoms with Crippen molar-refractivity contribution in [2.45, 2.75) is 39.8 Å². The fourth-order valence-corrected chi connectivity index (χ4v) is 4.96. The number of aromatic nitrogens is 2. The van der Waals surface area contributed by atoms with Crippen LogP contribution in [0.2, 0.25) is 10.0 Å². The largest absolute Gasteiger partial charge is 0.477 e. The molecule has 0 saturated carbocycles. The fourth-order valence-electron chi connectivity index (χ4n) is 4.64. The van der Waals surface area contributed by atoms with Crippen LogP contribution in [0, 0.1) is 25.5 Å². The minimum absolute atomic E-state index is 0.0969. The number of nitrogens with two attached hydrogens (primary N) is 1. The first kappa shape index (κ1) is 41.9. The van der Waals surface area contributed by atoms with Crippen molar-refractivity contribution in [2.24, 2.45) is 5.73 Å². The van der Waals surface area contributed by atoms with Crippen LogP contribution in [0.1, 0.15) is 68.9 Å². The molecule has 6 rings (SSSR count). The quantitative estimate of drug-likeness (QED) is 0.132. The fraction of sp³-hybridized carbons (Fsp3) is 0.143. The van der Waals surface area contributed by atoms with Crippen molar-refractivity contribution in [1.29, 1.82) is 0 Å². The van der Waals surface area contributed by atoms with Crippen molar-refractivity contribution in [3.63, 3.8) is 0 Å². The molecule has 55 heavy (non-hydrogen) atoms. The summed E-state index contributed by atoms with van der Waals surface area (Å²) in [4.78, 5) is 31.6. The summed E-state index contributed by atoms with van der Waals surface area (Å²) >= 11 is 11.7. The SMILES string of the molecule is Cc1ccc([C@H](C)N)cc1.Cc1ccc([C@H](C)NC(=O)c2cc(Cl)cnc2Oc2ccc(F)cc2)cc1.O=C(O)c1cc(Cl)cnc1Oc1ccc(F)cc1. The number of halogens is 4. The van der Waals surface area contributed by atoms with Crippen LogP contribution in [-0.4, -0.2) is 27.0 Å². The van der Waals surface area contributed by atoms with Gasteiger partial charge >= 0.3 is 5.97 Å². The molecule has 4 N–H and O–H groups in total. The van der Waals surface area contributed by atoms with E-state index in [1.54, 1.807) is 0 Å². The number of carbonyl (C=O) groups is 2. The molecule has 0 saturated heterocycles. The lowest BCUT2D eigenvalue weighted by molar-refractivity contribution is 0.0693. The van der Waals surface area contributed by atoms with Crippen LogP contribution >= 0.6 is 23.2 Å². The van der Waals surface area contributed by atoms with E-state index in [0.717, 1.165) is 11.1 Å². The van der Waals surface area contributed by atoms with Crippen molar-refractivity contribution in [3.05, 3.63) is 177 Å². The smallest absolute Gasteiger partial charge is 0.341 e. The Bertz CT molecular complexity index is 2190. The first-order valence-electron chi connectivity index (χ1n) is 16.8. The van der Waals surface area contributed by atoms with Gasteiger partial charge in [-0.15, -0.1) is 0 Å². The summed E-state index contributed by atoms with van der Waals surface area (Å²) < 4.78 is 36.7. The Morgan fingerprint density at radius 2 is 1.07 bits per heavy atom. The second-order valence-electron chi connectivity index (χ2n) is 12.2. The van der Waals surface area contributed by atoms with Gasteiger partial charge in [0.1, 0.15) is 34.3 Å². The van der Waals surface area contributed by atoms with Crippen LogP contribution in [-0.2, 0) is 0 Å². The van der Waals surface area contributed by atoms with Crippen LogP contribution in [0.3, 0.4) is 0 Å². The lowest BCUT2D eigenvalue weighted by Gasteiger charge is -2.16. The summed E-state index contributed by atoms with van der Waals surface area (Å²) in [6.07, 6.45) is 2.66. The number of carboxylic acid groups (broad SMARTS) is 1. The number of rotatable bonds is 9. The van der Waals surface area contributed by atoms with Crippen molar-refractivity contribution in [3.8, 4) is 23.3 Å². The summed E-state index contributed by atoms with van der Waals surface area (Å²) in [6.45, 7) is 7.96. The third-order valence-electron chi connectivity index (χ3n) is 7.69. The molecular formula is C42H38Cl2F2N4O5. The lowest BCUT2D eigenvalue weighted by Crippen LogP contribution is -2.27. The zero-order valence-electron chi connectivity index (χ0n) is 30.3. The summed E-state index contributed by atoms with van der Waals surface area (Å²) in [5.41, 5.74) is 10.3. The molecule has 2 atom stereocenters. The minimum atomic E-state index is -1.21. The van der Waals surface area contributed by atoms with E-state index in [9.17, 15) is 18.4 Å². The highest BCUT2D eigenvalue weighted by atomic mass is 35.5. The molecule has 0 unspecified atom stereocenters. The molecule has 0 aliphatic carbocycles. The molecule has 1 amide bonds. The van der Waals surface area contributed by atoms with Gasteiger partial charge in [-0.3, -0.25) is 4.79 Å². The normalized spacial score (nSPS) is 11.4. The zero-order chi connectivity index (χ0) is 40.1. The highest BCUT2D eigenvalue weighted by Gasteiger charge is 2.19. The van der Waals surface area contributed by atoms with E-state index in [0.29, 0.717) is 10.8 Å². The van der Waals surface area contributed by atoms with E-state index in [1.807, 2.05) is 45.0 Å². The molecular weight excluding hydrogens is 749 g/mol. The second-order valence-corrected chi connectivity index (χ2v) is 13.1. The standard InChI is InChI=1S/C21H18ClFN2O2.C12H7ClFNO3.C9H13N/c1-13-3-5-15(6-4-13)14(2)25-20(26)19-11-16(22)12-24-21(19)27-18-9-7-17(23)8-10-18;13-7-5-10(12(16)17)11(15-6-7)18-9-3-1-8(14)2-4-9;1-7-3-5-9(6-4-7)8(2)10/h3-12,14H,1-2H3,(H,25,26);1-6H,(H,16,17);3-6,8H,10H2,1-2H3/t14-;;8-/m0.0/s1. The maximum Gasteiger partial charge on any atom is 0.341 e. The molecule has 0 spiro atoms. The average molecular weight is 788 g/mol. The number of carboxylic acids is 1. The van der Waals surface area contributed by atoms with Crippen molar-refractivity contribution >= 4 is 35.1 Å². The molecule has 13 heteroatoms. The van der Waals surface area contributed by atoms with Gasteiger partial charge < -0.3 is 25.6 Å². The van der Waals surface area contributed by atoms with E-state index < -0.39 is 11.8 Å². The van der Waals surface area contributed by atoms with Crippen LogP contribution < -0.4 is 20.5 Å². The van der Waals surface area contributed by atoms with E-state index in [2.05, 4.69) is 46.5 Å². The molecule has 0 radical (unpaired) electrons. The molecule has 0 aliphatic rings. The van der Waals surface area contributed by atoms with Crippen molar-refractivity contribution in [1.82, 2.24) is 15.3 Å². The van der Waals surface area contributed by atoms with Crippen molar-refractivity contribution < 1.29 is 33.0 Å². The van der Waals surface area contributed by atoms with Crippen LogP contribution in [0.25, 0.3) is 0 Å². The van der Waals surface area contributed by atoms with Gasteiger partial charge in [0, 0.05) is 18.4 Å². The molecule has 0 bridgehead atoms. The summed E-state index contributed by atoms with van der Waals surface area (Å²) in [6, 6.07) is 29.5. The Balaban J connectivity index is 0.000000205.